The van der Waals surface area contributed by atoms with Gasteiger partial charge in [0.25, 0.3) is 0 Å². The SMILES string of the molecule is O=C(C(COc1ccccc1)N1CCCC[C@@H]1c1nc(-c2ccc(Cl)cc2)cs1)C(COc1ccccc1)N1CCCC[C@@H]1c1nc(-c2ccc(Cl)cc2)cs1. The Kier molecular flexibility index (Phi) is 12.8. The van der Waals surface area contributed by atoms with Gasteiger partial charge in [-0.1, -0.05) is 96.7 Å². The number of para-hydroxylation sites is 2. The van der Waals surface area contributed by atoms with Gasteiger partial charge in [-0.25, -0.2) is 9.97 Å². The van der Waals surface area contributed by atoms with Gasteiger partial charge in [0.05, 0.1) is 23.5 Å². The summed E-state index contributed by atoms with van der Waals surface area (Å²) in [6.45, 7) is 1.96. The number of benzene rings is 4. The number of nitrogens with zero attached hydrogens (tertiary/aromatic N) is 4. The molecule has 0 radical (unpaired) electrons. The number of Topliss-reactive ketones (excluding diaryl/α,β-unsaturated/α-hetero) is 1. The molecule has 2 unspecified atom stereocenters. The number of piperidine rings is 2. The summed E-state index contributed by atoms with van der Waals surface area (Å²) in [4.78, 5) is 30.7. The van der Waals surface area contributed by atoms with Gasteiger partial charge in [0.1, 0.15) is 46.8 Å². The molecule has 4 heterocycles. The van der Waals surface area contributed by atoms with Crippen LogP contribution in [0.5, 0.6) is 11.5 Å². The molecule has 7 nitrogen and oxygen atoms in total. The number of halogens is 2. The number of hydrogen-bond donors (Lipinski definition) is 0. The first-order chi connectivity index (χ1) is 27.5. The van der Waals surface area contributed by atoms with Gasteiger partial charge in [-0.05, 0) is 87.3 Å². The highest BCUT2D eigenvalue weighted by molar-refractivity contribution is 7.10. The smallest absolute Gasteiger partial charge is 0.174 e. The third-order valence-corrected chi connectivity index (χ3v) is 13.1. The van der Waals surface area contributed by atoms with Gasteiger partial charge in [0.2, 0.25) is 0 Å². The summed E-state index contributed by atoms with van der Waals surface area (Å²) in [6, 6.07) is 34.1. The van der Waals surface area contributed by atoms with E-state index in [-0.39, 0.29) is 31.1 Å². The average Bonchev–Trinajstić information content (AvgIpc) is 3.94. The normalized spacial score (nSPS) is 19.0. The quantitative estimate of drug-likeness (QED) is 0.108. The summed E-state index contributed by atoms with van der Waals surface area (Å²) in [5.74, 6) is 1.58. The predicted molar refractivity (Wildman–Crippen MR) is 228 cm³/mol. The molecule has 0 saturated carbocycles. The minimum Gasteiger partial charge on any atom is -0.491 e. The lowest BCUT2D eigenvalue weighted by atomic mass is 9.93. The lowest BCUT2D eigenvalue weighted by molar-refractivity contribution is -0.136. The number of ether oxygens (including phenoxy) is 2. The molecule has 0 N–H and O–H groups in total. The van der Waals surface area contributed by atoms with Crippen molar-refractivity contribution in [1.29, 1.82) is 0 Å². The van der Waals surface area contributed by atoms with E-state index in [2.05, 4.69) is 20.6 Å². The van der Waals surface area contributed by atoms with Gasteiger partial charge >= 0.3 is 0 Å². The highest BCUT2D eigenvalue weighted by Gasteiger charge is 2.43. The largest absolute Gasteiger partial charge is 0.491 e. The molecule has 11 heteroatoms. The van der Waals surface area contributed by atoms with Gasteiger partial charge in [0, 0.05) is 31.9 Å². The van der Waals surface area contributed by atoms with E-state index in [1.165, 1.54) is 0 Å². The number of ketones is 1. The van der Waals surface area contributed by atoms with Gasteiger partial charge < -0.3 is 9.47 Å². The van der Waals surface area contributed by atoms with Crippen molar-refractivity contribution in [3.8, 4) is 34.0 Å². The van der Waals surface area contributed by atoms with E-state index < -0.39 is 12.1 Å². The fraction of sp³-hybridized carbons (Fsp3) is 0.311. The number of likely N-dealkylation sites (tertiary alicyclic amines) is 2. The van der Waals surface area contributed by atoms with Crippen LogP contribution in [0.4, 0.5) is 0 Å². The summed E-state index contributed by atoms with van der Waals surface area (Å²) < 4.78 is 13.0. The molecule has 4 aromatic carbocycles. The number of thiazole rings is 2. The lowest BCUT2D eigenvalue weighted by Crippen LogP contribution is -2.58. The highest BCUT2D eigenvalue weighted by Crippen LogP contribution is 2.40. The van der Waals surface area contributed by atoms with Gasteiger partial charge in [-0.3, -0.25) is 14.6 Å². The monoisotopic (exact) mass is 822 g/mol. The molecule has 0 spiro atoms. The van der Waals surface area contributed by atoms with E-state index in [0.717, 1.165) is 95.6 Å². The molecule has 0 bridgehead atoms. The van der Waals surface area contributed by atoms with Gasteiger partial charge in [-0.15, -0.1) is 22.7 Å². The van der Waals surface area contributed by atoms with Crippen LogP contribution in [0, 0.1) is 0 Å². The van der Waals surface area contributed by atoms with Gasteiger partial charge in [-0.2, -0.15) is 0 Å². The zero-order valence-corrected chi connectivity index (χ0v) is 34.2. The molecule has 0 aliphatic carbocycles. The van der Waals surface area contributed by atoms with Crippen LogP contribution in [0.25, 0.3) is 22.5 Å². The van der Waals surface area contributed by atoms with E-state index in [9.17, 15) is 0 Å². The Morgan fingerprint density at radius 1 is 0.607 bits per heavy atom. The van der Waals surface area contributed by atoms with Crippen molar-refractivity contribution in [2.24, 2.45) is 0 Å². The van der Waals surface area contributed by atoms with Crippen LogP contribution in [0.15, 0.2) is 120 Å². The maximum Gasteiger partial charge on any atom is 0.174 e. The minimum absolute atomic E-state index is 0.0307. The van der Waals surface area contributed by atoms with Crippen molar-refractivity contribution < 1.29 is 14.3 Å². The fourth-order valence-electron chi connectivity index (χ4n) is 7.86. The van der Waals surface area contributed by atoms with Crippen LogP contribution in [-0.2, 0) is 4.79 Å². The third-order valence-electron chi connectivity index (χ3n) is 10.7. The summed E-state index contributed by atoms with van der Waals surface area (Å²) in [6.07, 6.45) is 5.92. The predicted octanol–water partition coefficient (Wildman–Crippen LogP) is 11.5. The summed E-state index contributed by atoms with van der Waals surface area (Å²) in [5, 5.41) is 7.64. The first-order valence-corrected chi connectivity index (χ1v) is 21.9. The number of rotatable bonds is 14. The number of hydrogen-bond acceptors (Lipinski definition) is 9. The molecule has 288 valence electrons. The maximum atomic E-state index is 15.7. The van der Waals surface area contributed by atoms with Crippen LogP contribution < -0.4 is 9.47 Å². The van der Waals surface area contributed by atoms with E-state index in [0.29, 0.717) is 10.0 Å². The molecule has 8 rings (SSSR count). The standard InChI is InChI=1S/C45H44Cl2N4O3S2/c46-33-21-17-31(18-22-33)37-29-55-44(48-37)39-15-7-9-25-50(39)41(27-53-35-11-3-1-4-12-35)43(52)42(28-54-36-13-5-2-6-14-36)51-26-10-8-16-40(51)45-49-38(30-56-45)32-19-23-34(47)24-20-32/h1-6,11-14,17-24,29-30,39-42H,7-10,15-16,25-28H2/t39-,40-,41?,42?/m1/s1. The topological polar surface area (TPSA) is 67.8 Å². The Morgan fingerprint density at radius 2 is 1.02 bits per heavy atom. The Hall–Kier alpha value is -4.09. The Morgan fingerprint density at radius 3 is 1.43 bits per heavy atom. The second-order valence-corrected chi connectivity index (χ2v) is 17.0. The molecule has 2 fully saturated rings. The van der Waals surface area contributed by atoms with Crippen LogP contribution in [-0.4, -0.2) is 63.9 Å². The van der Waals surface area contributed by atoms with E-state index in [1.807, 2.05) is 109 Å². The number of aromatic nitrogens is 2. The molecule has 2 aliphatic heterocycles. The van der Waals surface area contributed by atoms with E-state index in [1.54, 1.807) is 22.7 Å². The Labute approximate surface area is 346 Å². The fourth-order valence-corrected chi connectivity index (χ4v) is 10.1. The van der Waals surface area contributed by atoms with Crippen molar-refractivity contribution in [3.05, 3.63) is 140 Å². The average molecular weight is 824 g/mol. The number of carbonyl (C=O) groups excluding carboxylic acids is 1. The molecule has 6 aromatic rings. The summed E-state index contributed by atoms with van der Waals surface area (Å²) in [7, 11) is 0. The molecular formula is C45H44Cl2N4O3S2. The number of carbonyl (C=O) groups is 1. The van der Waals surface area contributed by atoms with E-state index >= 15 is 4.79 Å². The van der Waals surface area contributed by atoms with Crippen molar-refractivity contribution >= 4 is 51.7 Å². The molecule has 2 saturated heterocycles. The second-order valence-electron chi connectivity index (χ2n) is 14.3. The van der Waals surface area contributed by atoms with Crippen molar-refractivity contribution in [1.82, 2.24) is 19.8 Å². The summed E-state index contributed by atoms with van der Waals surface area (Å²) in [5.41, 5.74) is 3.88. The van der Waals surface area contributed by atoms with Crippen molar-refractivity contribution in [2.75, 3.05) is 26.3 Å². The maximum absolute atomic E-state index is 15.7. The second kappa shape index (κ2) is 18.4. The Balaban J connectivity index is 1.14. The zero-order chi connectivity index (χ0) is 38.3. The van der Waals surface area contributed by atoms with Crippen LogP contribution in [0.1, 0.15) is 60.6 Å². The van der Waals surface area contributed by atoms with Crippen LogP contribution >= 0.6 is 45.9 Å². The first kappa shape index (κ1) is 38.8. The molecule has 2 aliphatic rings. The molecule has 0 amide bonds. The minimum atomic E-state index is -0.545. The third kappa shape index (κ3) is 9.20. The molecule has 2 aromatic heterocycles. The lowest BCUT2D eigenvalue weighted by Gasteiger charge is -2.44. The van der Waals surface area contributed by atoms with Crippen LogP contribution in [0.3, 0.4) is 0 Å². The van der Waals surface area contributed by atoms with Crippen LogP contribution in [0.2, 0.25) is 10.0 Å². The summed E-state index contributed by atoms with van der Waals surface area (Å²) >= 11 is 15.7. The highest BCUT2D eigenvalue weighted by atomic mass is 35.5. The van der Waals surface area contributed by atoms with Crippen molar-refractivity contribution in [3.63, 3.8) is 0 Å². The van der Waals surface area contributed by atoms with Crippen molar-refractivity contribution in [2.45, 2.75) is 62.7 Å². The molecule has 4 atom stereocenters. The Bertz CT molecular complexity index is 2010. The van der Waals surface area contributed by atoms with Gasteiger partial charge in [0.15, 0.2) is 5.78 Å². The van der Waals surface area contributed by atoms with E-state index in [4.69, 9.17) is 42.6 Å². The molecular weight excluding hydrogens is 780 g/mol. The molecule has 56 heavy (non-hydrogen) atoms. The zero-order valence-electron chi connectivity index (χ0n) is 31.0. The first-order valence-electron chi connectivity index (χ1n) is 19.3.